The molecule has 0 atom stereocenters. The van der Waals surface area contributed by atoms with E-state index in [2.05, 4.69) is 15.9 Å². The summed E-state index contributed by atoms with van der Waals surface area (Å²) in [4.78, 5) is 0. The van der Waals surface area contributed by atoms with E-state index in [4.69, 9.17) is 27.3 Å². The first-order valence-electron chi connectivity index (χ1n) is 5.59. The van der Waals surface area contributed by atoms with Crippen molar-refractivity contribution >= 4 is 33.2 Å². The SMILES string of the molecule is N#CCc1cc(Oc2cc(F)c(Cl)cc2Br)ccc1N. The molecule has 0 aliphatic rings. The average Bonchev–Trinajstić information content (AvgIpc) is 2.40. The molecule has 0 radical (unpaired) electrons. The highest BCUT2D eigenvalue weighted by atomic mass is 79.9. The summed E-state index contributed by atoms with van der Waals surface area (Å²) >= 11 is 8.91. The van der Waals surface area contributed by atoms with Crippen molar-refractivity contribution in [3.63, 3.8) is 0 Å². The molecule has 2 aromatic carbocycles. The van der Waals surface area contributed by atoms with Crippen molar-refractivity contribution < 1.29 is 9.13 Å². The molecule has 2 rings (SSSR count). The van der Waals surface area contributed by atoms with Crippen LogP contribution in [0, 0.1) is 17.1 Å². The lowest BCUT2D eigenvalue weighted by Crippen LogP contribution is -1.95. The molecule has 3 nitrogen and oxygen atoms in total. The van der Waals surface area contributed by atoms with Crippen LogP contribution in [0.3, 0.4) is 0 Å². The number of nitrogens with zero attached hydrogens (tertiary/aromatic N) is 1. The number of benzene rings is 2. The Kier molecular flexibility index (Phi) is 4.48. The number of hydrogen-bond acceptors (Lipinski definition) is 3. The van der Waals surface area contributed by atoms with Gasteiger partial charge in [-0.1, -0.05) is 11.6 Å². The van der Waals surface area contributed by atoms with E-state index in [0.29, 0.717) is 27.2 Å². The van der Waals surface area contributed by atoms with Crippen LogP contribution in [0.1, 0.15) is 5.56 Å². The topological polar surface area (TPSA) is 59.0 Å². The molecule has 0 unspecified atom stereocenters. The molecule has 0 saturated carbocycles. The zero-order valence-electron chi connectivity index (χ0n) is 10.2. The summed E-state index contributed by atoms with van der Waals surface area (Å²) < 4.78 is 19.5. The van der Waals surface area contributed by atoms with Gasteiger partial charge in [0.15, 0.2) is 0 Å². The van der Waals surface area contributed by atoms with Gasteiger partial charge < -0.3 is 10.5 Å². The molecule has 0 fully saturated rings. The van der Waals surface area contributed by atoms with E-state index < -0.39 is 5.82 Å². The molecule has 0 aliphatic heterocycles. The minimum Gasteiger partial charge on any atom is -0.456 e. The largest absolute Gasteiger partial charge is 0.456 e. The van der Waals surface area contributed by atoms with E-state index >= 15 is 0 Å². The Labute approximate surface area is 128 Å². The van der Waals surface area contributed by atoms with Gasteiger partial charge in [0.25, 0.3) is 0 Å². The van der Waals surface area contributed by atoms with Crippen LogP contribution in [0.15, 0.2) is 34.8 Å². The van der Waals surface area contributed by atoms with Crippen LogP contribution in [-0.4, -0.2) is 0 Å². The van der Waals surface area contributed by atoms with Crippen LogP contribution in [0.2, 0.25) is 5.02 Å². The third-order valence-electron chi connectivity index (χ3n) is 2.59. The highest BCUT2D eigenvalue weighted by Gasteiger charge is 2.10. The minimum atomic E-state index is -0.572. The lowest BCUT2D eigenvalue weighted by molar-refractivity contribution is 0.473. The van der Waals surface area contributed by atoms with Gasteiger partial charge in [0.05, 0.1) is 22.0 Å². The number of ether oxygens (including phenoxy) is 1. The number of halogens is 3. The Hall–Kier alpha value is -1.77. The van der Waals surface area contributed by atoms with Gasteiger partial charge in [0.1, 0.15) is 17.3 Å². The maximum Gasteiger partial charge on any atom is 0.145 e. The Bertz CT molecular complexity index is 700. The predicted octanol–water partition coefficient (Wildman–Crippen LogP) is 4.68. The number of nitrogens with two attached hydrogens (primary N) is 1. The quantitative estimate of drug-likeness (QED) is 0.642. The Balaban J connectivity index is 2.33. The first-order valence-corrected chi connectivity index (χ1v) is 6.76. The van der Waals surface area contributed by atoms with E-state index in [9.17, 15) is 4.39 Å². The van der Waals surface area contributed by atoms with Gasteiger partial charge in [-0.3, -0.25) is 0 Å². The fourth-order valence-electron chi connectivity index (χ4n) is 1.59. The normalized spacial score (nSPS) is 10.1. The number of hydrogen-bond donors (Lipinski definition) is 1. The molecule has 0 aromatic heterocycles. The van der Waals surface area contributed by atoms with Crippen LogP contribution in [-0.2, 0) is 6.42 Å². The van der Waals surface area contributed by atoms with Crippen molar-refractivity contribution in [3.8, 4) is 17.6 Å². The number of nitrogen functional groups attached to an aromatic ring is 1. The van der Waals surface area contributed by atoms with Crippen molar-refractivity contribution in [1.82, 2.24) is 0 Å². The molecule has 102 valence electrons. The fraction of sp³-hybridized carbons (Fsp3) is 0.0714. The molecule has 20 heavy (non-hydrogen) atoms. The molecular formula is C14H9BrClFN2O. The Morgan fingerprint density at radius 3 is 2.80 bits per heavy atom. The van der Waals surface area contributed by atoms with Gasteiger partial charge in [-0.15, -0.1) is 0 Å². The second-order valence-electron chi connectivity index (χ2n) is 3.99. The smallest absolute Gasteiger partial charge is 0.145 e. The summed E-state index contributed by atoms with van der Waals surface area (Å²) in [5.41, 5.74) is 6.93. The lowest BCUT2D eigenvalue weighted by atomic mass is 10.1. The predicted molar refractivity (Wildman–Crippen MR) is 79.4 cm³/mol. The molecule has 2 aromatic rings. The monoisotopic (exact) mass is 354 g/mol. The zero-order chi connectivity index (χ0) is 14.7. The third-order valence-corrected chi connectivity index (χ3v) is 3.50. The van der Waals surface area contributed by atoms with E-state index in [1.807, 2.05) is 6.07 Å². The number of nitriles is 1. The highest BCUT2D eigenvalue weighted by Crippen LogP contribution is 2.34. The summed E-state index contributed by atoms with van der Waals surface area (Å²) in [6.45, 7) is 0. The van der Waals surface area contributed by atoms with Gasteiger partial charge in [-0.2, -0.15) is 5.26 Å². The van der Waals surface area contributed by atoms with Crippen molar-refractivity contribution in [1.29, 1.82) is 5.26 Å². The van der Waals surface area contributed by atoms with Crippen molar-refractivity contribution in [2.24, 2.45) is 0 Å². The molecule has 0 bridgehead atoms. The third kappa shape index (κ3) is 3.21. The molecule has 2 N–H and O–H groups in total. The summed E-state index contributed by atoms with van der Waals surface area (Å²) in [6.07, 6.45) is 0.180. The Morgan fingerprint density at radius 2 is 2.10 bits per heavy atom. The number of anilines is 1. The highest BCUT2D eigenvalue weighted by molar-refractivity contribution is 9.10. The second-order valence-corrected chi connectivity index (χ2v) is 5.26. The standard InChI is InChI=1S/C14H9BrClFN2O/c15-10-6-11(16)12(17)7-14(10)20-9-1-2-13(19)8(5-9)3-4-18/h1-2,5-7H,3,19H2. The average molecular weight is 356 g/mol. The summed E-state index contributed by atoms with van der Waals surface area (Å²) in [7, 11) is 0. The van der Waals surface area contributed by atoms with Gasteiger partial charge >= 0.3 is 0 Å². The first kappa shape index (κ1) is 14.6. The van der Waals surface area contributed by atoms with Crippen LogP contribution in [0.4, 0.5) is 10.1 Å². The van der Waals surface area contributed by atoms with Crippen molar-refractivity contribution in [3.05, 3.63) is 51.2 Å². The molecule has 0 amide bonds. The van der Waals surface area contributed by atoms with Gasteiger partial charge in [0.2, 0.25) is 0 Å². The van der Waals surface area contributed by atoms with Crippen LogP contribution >= 0.6 is 27.5 Å². The molecule has 0 heterocycles. The number of rotatable bonds is 3. The molecule has 0 aliphatic carbocycles. The van der Waals surface area contributed by atoms with Crippen molar-refractivity contribution in [2.45, 2.75) is 6.42 Å². The molecule has 0 spiro atoms. The Morgan fingerprint density at radius 1 is 1.35 bits per heavy atom. The molecule has 0 saturated heterocycles. The minimum absolute atomic E-state index is 0.00620. The summed E-state index contributed by atoms with van der Waals surface area (Å²) in [6, 6.07) is 9.56. The summed E-state index contributed by atoms with van der Waals surface area (Å²) in [5, 5.41) is 8.72. The van der Waals surface area contributed by atoms with Crippen molar-refractivity contribution in [2.75, 3.05) is 5.73 Å². The van der Waals surface area contributed by atoms with Gasteiger partial charge in [-0.25, -0.2) is 4.39 Å². The van der Waals surface area contributed by atoms with Gasteiger partial charge in [0, 0.05) is 11.8 Å². The maximum absolute atomic E-state index is 13.4. The molecular weight excluding hydrogens is 347 g/mol. The molecule has 6 heteroatoms. The summed E-state index contributed by atoms with van der Waals surface area (Å²) in [5.74, 6) is 0.184. The van der Waals surface area contributed by atoms with Crippen LogP contribution in [0.5, 0.6) is 11.5 Å². The van der Waals surface area contributed by atoms with E-state index in [-0.39, 0.29) is 11.4 Å². The van der Waals surface area contributed by atoms with Gasteiger partial charge in [-0.05, 0) is 45.8 Å². The van der Waals surface area contributed by atoms with E-state index in [0.717, 1.165) is 0 Å². The fourth-order valence-corrected chi connectivity index (χ4v) is 2.31. The maximum atomic E-state index is 13.4. The lowest BCUT2D eigenvalue weighted by Gasteiger charge is -2.10. The van der Waals surface area contributed by atoms with E-state index in [1.165, 1.54) is 12.1 Å². The second kappa shape index (κ2) is 6.12. The zero-order valence-corrected chi connectivity index (χ0v) is 12.5. The first-order chi connectivity index (χ1) is 9.51. The van der Waals surface area contributed by atoms with Crippen LogP contribution in [0.25, 0.3) is 0 Å². The van der Waals surface area contributed by atoms with Crippen LogP contribution < -0.4 is 10.5 Å². The van der Waals surface area contributed by atoms with E-state index in [1.54, 1.807) is 18.2 Å².